The van der Waals surface area contributed by atoms with Gasteiger partial charge in [-0.25, -0.2) is 10.8 Å². The molecular weight excluding hydrogens is 230 g/mol. The molecule has 6 nitrogen and oxygen atoms in total. The van der Waals surface area contributed by atoms with E-state index in [0.717, 1.165) is 6.54 Å². The molecule has 0 radical (unpaired) electrons. The van der Waals surface area contributed by atoms with Gasteiger partial charge in [0, 0.05) is 19.1 Å². The van der Waals surface area contributed by atoms with Crippen molar-refractivity contribution in [3.8, 4) is 0 Å². The van der Waals surface area contributed by atoms with Crippen LogP contribution in [0.15, 0.2) is 18.2 Å². The summed E-state index contributed by atoms with van der Waals surface area (Å²) in [5.41, 5.74) is 2.77. The highest BCUT2D eigenvalue weighted by molar-refractivity contribution is 5.92. The number of anilines is 1. The molecular formula is C12H21N5O. The summed E-state index contributed by atoms with van der Waals surface area (Å²) in [5, 5.41) is 2.82. The topological polar surface area (TPSA) is 83.3 Å². The molecule has 0 saturated heterocycles. The fraction of sp³-hybridized carbons (Fsp3) is 0.500. The maximum Gasteiger partial charge on any atom is 0.270 e. The molecule has 0 aliphatic carbocycles. The van der Waals surface area contributed by atoms with Gasteiger partial charge in [-0.3, -0.25) is 4.79 Å². The van der Waals surface area contributed by atoms with Gasteiger partial charge in [-0.15, -0.1) is 0 Å². The zero-order valence-electron chi connectivity index (χ0n) is 11.1. The Kier molecular flexibility index (Phi) is 5.54. The van der Waals surface area contributed by atoms with Crippen molar-refractivity contribution < 1.29 is 4.79 Å². The Bertz CT molecular complexity index is 394. The standard InChI is InChI=1S/C12H21N5O/c1-9(2)17(3)8-7-14-12(18)10-5-4-6-11(15-10)16-13/h4-6,9H,7-8,13H2,1-3H3,(H,14,18)(H,15,16). The molecule has 100 valence electrons. The van der Waals surface area contributed by atoms with Crippen molar-refractivity contribution in [2.24, 2.45) is 5.84 Å². The van der Waals surface area contributed by atoms with Crippen LogP contribution in [-0.2, 0) is 0 Å². The summed E-state index contributed by atoms with van der Waals surface area (Å²) in [4.78, 5) is 18.0. The number of aromatic nitrogens is 1. The summed E-state index contributed by atoms with van der Waals surface area (Å²) < 4.78 is 0. The molecule has 1 aromatic rings. The first kappa shape index (κ1) is 14.4. The van der Waals surface area contributed by atoms with E-state index < -0.39 is 0 Å². The van der Waals surface area contributed by atoms with Gasteiger partial charge >= 0.3 is 0 Å². The van der Waals surface area contributed by atoms with Crippen LogP contribution in [0.1, 0.15) is 24.3 Å². The van der Waals surface area contributed by atoms with Gasteiger partial charge in [-0.2, -0.15) is 0 Å². The molecule has 0 aliphatic rings. The van der Waals surface area contributed by atoms with Gasteiger partial charge in [0.05, 0.1) is 0 Å². The first-order chi connectivity index (χ1) is 8.54. The second-order valence-electron chi connectivity index (χ2n) is 4.38. The molecule has 1 heterocycles. The first-order valence-corrected chi connectivity index (χ1v) is 5.96. The van der Waals surface area contributed by atoms with Gasteiger partial charge in [0.2, 0.25) is 0 Å². The lowest BCUT2D eigenvalue weighted by Gasteiger charge is -2.20. The highest BCUT2D eigenvalue weighted by Gasteiger charge is 2.08. The van der Waals surface area contributed by atoms with Crippen LogP contribution in [0.3, 0.4) is 0 Å². The van der Waals surface area contributed by atoms with Crippen LogP contribution in [0.4, 0.5) is 5.82 Å². The second kappa shape index (κ2) is 6.93. The van der Waals surface area contributed by atoms with Gasteiger partial charge in [0.25, 0.3) is 5.91 Å². The molecule has 4 N–H and O–H groups in total. The third-order valence-electron chi connectivity index (χ3n) is 2.76. The number of carbonyl (C=O) groups is 1. The molecule has 6 heteroatoms. The molecule has 0 fully saturated rings. The maximum atomic E-state index is 11.8. The zero-order chi connectivity index (χ0) is 13.5. The number of nitrogens with two attached hydrogens (primary N) is 1. The van der Waals surface area contributed by atoms with Crippen LogP contribution in [0.2, 0.25) is 0 Å². The number of carbonyl (C=O) groups excluding carboxylic acids is 1. The Balaban J connectivity index is 2.45. The average Bonchev–Trinajstić information content (AvgIpc) is 2.38. The van der Waals surface area contributed by atoms with E-state index in [1.54, 1.807) is 18.2 Å². The minimum atomic E-state index is -0.191. The van der Waals surface area contributed by atoms with E-state index in [0.29, 0.717) is 24.1 Å². The molecule has 1 rings (SSSR count). The maximum absolute atomic E-state index is 11.8. The largest absolute Gasteiger partial charge is 0.349 e. The van der Waals surface area contributed by atoms with E-state index in [2.05, 4.69) is 34.5 Å². The van der Waals surface area contributed by atoms with E-state index in [9.17, 15) is 4.79 Å². The first-order valence-electron chi connectivity index (χ1n) is 5.96. The minimum Gasteiger partial charge on any atom is -0.349 e. The van der Waals surface area contributed by atoms with Crippen molar-refractivity contribution >= 4 is 11.7 Å². The fourth-order valence-corrected chi connectivity index (χ4v) is 1.34. The lowest BCUT2D eigenvalue weighted by molar-refractivity contribution is 0.0943. The summed E-state index contributed by atoms with van der Waals surface area (Å²) in [6, 6.07) is 5.55. The number of nitrogens with zero attached hydrogens (tertiary/aromatic N) is 2. The van der Waals surface area contributed by atoms with Crippen molar-refractivity contribution in [3.63, 3.8) is 0 Å². The number of pyridine rings is 1. The molecule has 18 heavy (non-hydrogen) atoms. The number of hydrogen-bond acceptors (Lipinski definition) is 5. The molecule has 0 aromatic carbocycles. The third kappa shape index (κ3) is 4.31. The molecule has 0 atom stereocenters. The number of likely N-dealkylation sites (N-methyl/N-ethyl adjacent to an activating group) is 1. The smallest absolute Gasteiger partial charge is 0.270 e. The van der Waals surface area contributed by atoms with E-state index in [-0.39, 0.29) is 5.91 Å². The predicted molar refractivity (Wildman–Crippen MR) is 72.1 cm³/mol. The summed E-state index contributed by atoms with van der Waals surface area (Å²) in [6.07, 6.45) is 0. The van der Waals surface area contributed by atoms with Crippen LogP contribution >= 0.6 is 0 Å². The van der Waals surface area contributed by atoms with Gasteiger partial charge in [-0.05, 0) is 33.0 Å². The van der Waals surface area contributed by atoms with E-state index in [1.807, 2.05) is 7.05 Å². The van der Waals surface area contributed by atoms with Crippen LogP contribution < -0.4 is 16.6 Å². The molecule has 1 amide bonds. The molecule has 0 spiro atoms. The highest BCUT2D eigenvalue weighted by atomic mass is 16.1. The van der Waals surface area contributed by atoms with E-state index in [1.165, 1.54) is 0 Å². The van der Waals surface area contributed by atoms with E-state index >= 15 is 0 Å². The minimum absolute atomic E-state index is 0.191. The number of rotatable bonds is 6. The Morgan fingerprint density at radius 3 is 2.83 bits per heavy atom. The summed E-state index contributed by atoms with van der Waals surface area (Å²) in [7, 11) is 2.02. The Morgan fingerprint density at radius 1 is 1.50 bits per heavy atom. The molecule has 0 saturated carbocycles. The number of amides is 1. The number of nitrogens with one attached hydrogen (secondary N) is 2. The van der Waals surface area contributed by atoms with Crippen molar-refractivity contribution in [1.29, 1.82) is 0 Å². The quantitative estimate of drug-likeness (QED) is 0.504. The monoisotopic (exact) mass is 251 g/mol. The molecule has 1 aromatic heterocycles. The van der Waals surface area contributed by atoms with Crippen LogP contribution in [0.5, 0.6) is 0 Å². The number of nitrogen functional groups attached to an aromatic ring is 1. The number of hydrazine groups is 1. The summed E-state index contributed by atoms with van der Waals surface area (Å²) in [5.74, 6) is 5.52. The Labute approximate surface area is 108 Å². The molecule has 0 bridgehead atoms. The van der Waals surface area contributed by atoms with Gasteiger partial charge in [0.1, 0.15) is 11.5 Å². The van der Waals surface area contributed by atoms with Crippen molar-refractivity contribution in [2.75, 3.05) is 25.6 Å². The van der Waals surface area contributed by atoms with Gasteiger partial charge < -0.3 is 15.6 Å². The van der Waals surface area contributed by atoms with Crippen LogP contribution in [0, 0.1) is 0 Å². The van der Waals surface area contributed by atoms with E-state index in [4.69, 9.17) is 5.84 Å². The van der Waals surface area contributed by atoms with Crippen LogP contribution in [0.25, 0.3) is 0 Å². The van der Waals surface area contributed by atoms with Crippen molar-refractivity contribution in [3.05, 3.63) is 23.9 Å². The molecule has 0 aliphatic heterocycles. The SMILES string of the molecule is CC(C)N(C)CCNC(=O)c1cccc(NN)n1. The average molecular weight is 251 g/mol. The fourth-order valence-electron chi connectivity index (χ4n) is 1.34. The summed E-state index contributed by atoms with van der Waals surface area (Å²) >= 11 is 0. The second-order valence-corrected chi connectivity index (χ2v) is 4.38. The van der Waals surface area contributed by atoms with Crippen molar-refractivity contribution in [1.82, 2.24) is 15.2 Å². The summed E-state index contributed by atoms with van der Waals surface area (Å²) in [6.45, 7) is 5.62. The zero-order valence-corrected chi connectivity index (χ0v) is 11.1. The van der Waals surface area contributed by atoms with Crippen LogP contribution in [-0.4, -0.2) is 42.0 Å². The van der Waals surface area contributed by atoms with Gasteiger partial charge in [-0.1, -0.05) is 6.07 Å². The Hall–Kier alpha value is -1.66. The normalized spacial score (nSPS) is 10.8. The lowest BCUT2D eigenvalue weighted by atomic mass is 10.3. The third-order valence-corrected chi connectivity index (χ3v) is 2.76. The molecule has 0 unspecified atom stereocenters. The lowest BCUT2D eigenvalue weighted by Crippen LogP contribution is -2.36. The van der Waals surface area contributed by atoms with Crippen molar-refractivity contribution in [2.45, 2.75) is 19.9 Å². The number of hydrogen-bond donors (Lipinski definition) is 3. The van der Waals surface area contributed by atoms with Gasteiger partial charge in [0.15, 0.2) is 0 Å². The Morgan fingerprint density at radius 2 is 2.22 bits per heavy atom. The predicted octanol–water partition coefficient (Wildman–Crippen LogP) is 0.437. The highest BCUT2D eigenvalue weighted by Crippen LogP contribution is 2.02.